The van der Waals surface area contributed by atoms with Crippen LogP contribution in [0.3, 0.4) is 0 Å². The number of sulfonamides is 1. The Morgan fingerprint density at radius 2 is 2.19 bits per heavy atom. The normalized spacial score (nSPS) is 17.9. The highest BCUT2D eigenvalue weighted by Gasteiger charge is 2.28. The van der Waals surface area contributed by atoms with Crippen molar-refractivity contribution in [3.05, 3.63) is 27.7 Å². The average Bonchev–Trinajstić information content (AvgIpc) is 2.75. The van der Waals surface area contributed by atoms with Crippen molar-refractivity contribution in [2.24, 2.45) is 0 Å². The fourth-order valence-electron chi connectivity index (χ4n) is 1.37. The van der Waals surface area contributed by atoms with Crippen LogP contribution >= 0.6 is 27.5 Å². The van der Waals surface area contributed by atoms with Crippen LogP contribution in [0.5, 0.6) is 0 Å². The molecule has 0 aliphatic carbocycles. The summed E-state index contributed by atoms with van der Waals surface area (Å²) in [6, 6.07) is 4.47. The minimum absolute atomic E-state index is 0.172. The molecule has 1 aromatic carbocycles. The van der Waals surface area contributed by atoms with Gasteiger partial charge in [-0.3, -0.25) is 4.84 Å². The molecule has 0 atom stereocenters. The van der Waals surface area contributed by atoms with Gasteiger partial charge in [0.25, 0.3) is 10.0 Å². The van der Waals surface area contributed by atoms with Crippen LogP contribution in [0.15, 0.2) is 27.6 Å². The lowest BCUT2D eigenvalue weighted by Crippen LogP contribution is -2.26. The summed E-state index contributed by atoms with van der Waals surface area (Å²) in [7, 11) is -3.56. The molecule has 16 heavy (non-hydrogen) atoms. The van der Waals surface area contributed by atoms with Crippen molar-refractivity contribution in [3.8, 4) is 0 Å². The van der Waals surface area contributed by atoms with Crippen molar-refractivity contribution < 1.29 is 13.3 Å². The van der Waals surface area contributed by atoms with Crippen molar-refractivity contribution in [3.63, 3.8) is 0 Å². The summed E-state index contributed by atoms with van der Waals surface area (Å²) in [5.74, 6) is 0. The van der Waals surface area contributed by atoms with Crippen LogP contribution in [0.2, 0.25) is 5.02 Å². The van der Waals surface area contributed by atoms with Gasteiger partial charge in [0.05, 0.1) is 16.5 Å². The maximum Gasteiger partial charge on any atom is 0.265 e. The Balaban J connectivity index is 2.39. The molecule has 1 heterocycles. The standard InChI is InChI=1S/C9H9BrClNO3S/c10-8-6-7(2-3-9(8)11)16(13,14)12-4-1-5-15-12/h2-3,6H,1,4-5H2. The van der Waals surface area contributed by atoms with Crippen LogP contribution in [0.4, 0.5) is 0 Å². The van der Waals surface area contributed by atoms with Crippen LogP contribution in [0.1, 0.15) is 6.42 Å². The lowest BCUT2D eigenvalue weighted by Gasteiger charge is -2.14. The Morgan fingerprint density at radius 3 is 2.75 bits per heavy atom. The van der Waals surface area contributed by atoms with E-state index >= 15 is 0 Å². The van der Waals surface area contributed by atoms with Crippen molar-refractivity contribution >= 4 is 37.6 Å². The quantitative estimate of drug-likeness (QED) is 0.838. The van der Waals surface area contributed by atoms with Gasteiger partial charge in [0.1, 0.15) is 0 Å². The highest BCUT2D eigenvalue weighted by Crippen LogP contribution is 2.27. The second kappa shape index (κ2) is 4.62. The Labute approximate surface area is 107 Å². The zero-order valence-corrected chi connectivity index (χ0v) is 11.3. The number of hydrogen-bond acceptors (Lipinski definition) is 3. The molecular weight excluding hydrogens is 318 g/mol. The number of hydrogen-bond donors (Lipinski definition) is 0. The predicted octanol–water partition coefficient (Wildman–Crippen LogP) is 2.43. The highest BCUT2D eigenvalue weighted by molar-refractivity contribution is 9.10. The molecule has 88 valence electrons. The Bertz CT molecular complexity index is 499. The van der Waals surface area contributed by atoms with Crippen LogP contribution < -0.4 is 0 Å². The molecule has 2 rings (SSSR count). The number of halogens is 2. The van der Waals surface area contributed by atoms with Gasteiger partial charge in [0, 0.05) is 11.0 Å². The molecule has 1 aromatic rings. The second-order valence-electron chi connectivity index (χ2n) is 3.29. The predicted molar refractivity (Wildman–Crippen MR) is 63.6 cm³/mol. The smallest absolute Gasteiger partial charge is 0.265 e. The van der Waals surface area contributed by atoms with Gasteiger partial charge in [-0.1, -0.05) is 16.1 Å². The SMILES string of the molecule is O=S(=O)(c1ccc(Cl)c(Br)c1)N1CCCO1. The number of benzene rings is 1. The van der Waals surface area contributed by atoms with E-state index < -0.39 is 10.0 Å². The van der Waals surface area contributed by atoms with Gasteiger partial charge >= 0.3 is 0 Å². The van der Waals surface area contributed by atoms with Gasteiger partial charge in [0.15, 0.2) is 0 Å². The Morgan fingerprint density at radius 1 is 1.44 bits per heavy atom. The molecule has 0 unspecified atom stereocenters. The van der Waals surface area contributed by atoms with Gasteiger partial charge in [-0.2, -0.15) is 0 Å². The topological polar surface area (TPSA) is 46.6 Å². The largest absolute Gasteiger partial charge is 0.284 e. The van der Waals surface area contributed by atoms with E-state index in [0.29, 0.717) is 29.1 Å². The second-order valence-corrected chi connectivity index (χ2v) is 6.38. The summed E-state index contributed by atoms with van der Waals surface area (Å²) in [6.45, 7) is 0.830. The maximum atomic E-state index is 12.0. The molecule has 1 saturated heterocycles. The average molecular weight is 327 g/mol. The van der Waals surface area contributed by atoms with E-state index in [1.54, 1.807) is 0 Å². The fourth-order valence-corrected chi connectivity index (χ4v) is 3.34. The third-order valence-corrected chi connectivity index (χ3v) is 5.07. The summed E-state index contributed by atoms with van der Waals surface area (Å²) < 4.78 is 25.6. The zero-order chi connectivity index (χ0) is 11.8. The minimum Gasteiger partial charge on any atom is -0.284 e. The Hall–Kier alpha value is -0.140. The van der Waals surface area contributed by atoms with E-state index in [2.05, 4.69) is 15.9 Å². The van der Waals surface area contributed by atoms with Crippen molar-refractivity contribution in [2.45, 2.75) is 11.3 Å². The van der Waals surface area contributed by atoms with Crippen LogP contribution in [0.25, 0.3) is 0 Å². The molecule has 1 fully saturated rings. The molecule has 0 saturated carbocycles. The van der Waals surface area contributed by atoms with Crippen LogP contribution in [-0.4, -0.2) is 26.0 Å². The Kier molecular flexibility index (Phi) is 3.56. The van der Waals surface area contributed by atoms with Gasteiger partial charge in [0.2, 0.25) is 0 Å². The maximum absolute atomic E-state index is 12.0. The minimum atomic E-state index is -3.56. The molecule has 1 aliphatic heterocycles. The summed E-state index contributed by atoms with van der Waals surface area (Å²) in [5.41, 5.74) is 0. The first-order valence-corrected chi connectivity index (χ1v) is 7.23. The van der Waals surface area contributed by atoms with E-state index in [9.17, 15) is 8.42 Å². The molecule has 0 aromatic heterocycles. The zero-order valence-electron chi connectivity index (χ0n) is 8.19. The van der Waals surface area contributed by atoms with Crippen molar-refractivity contribution in [1.29, 1.82) is 0 Å². The summed E-state index contributed by atoms with van der Waals surface area (Å²) >= 11 is 9.00. The number of nitrogens with zero attached hydrogens (tertiary/aromatic N) is 1. The summed E-state index contributed by atoms with van der Waals surface area (Å²) in [6.07, 6.45) is 0.716. The lowest BCUT2D eigenvalue weighted by molar-refractivity contribution is -0.0284. The molecule has 0 radical (unpaired) electrons. The highest BCUT2D eigenvalue weighted by atomic mass is 79.9. The summed E-state index contributed by atoms with van der Waals surface area (Å²) in [4.78, 5) is 5.21. The van der Waals surface area contributed by atoms with E-state index in [4.69, 9.17) is 16.4 Å². The first-order valence-electron chi connectivity index (χ1n) is 4.62. The molecule has 0 bridgehead atoms. The molecule has 4 nitrogen and oxygen atoms in total. The third-order valence-electron chi connectivity index (χ3n) is 2.18. The molecule has 0 N–H and O–H groups in total. The van der Waals surface area contributed by atoms with Gasteiger partial charge in [-0.15, -0.1) is 0 Å². The lowest BCUT2D eigenvalue weighted by atomic mass is 10.4. The van der Waals surface area contributed by atoms with Crippen molar-refractivity contribution in [1.82, 2.24) is 4.47 Å². The van der Waals surface area contributed by atoms with E-state index in [-0.39, 0.29) is 4.90 Å². The third kappa shape index (κ3) is 2.26. The molecule has 7 heteroatoms. The van der Waals surface area contributed by atoms with Gasteiger partial charge in [-0.05, 0) is 40.5 Å². The molecule has 0 amide bonds. The summed E-state index contributed by atoms with van der Waals surface area (Å²) in [5, 5.41) is 0.473. The molecule has 1 aliphatic rings. The van der Waals surface area contributed by atoms with Crippen molar-refractivity contribution in [2.75, 3.05) is 13.2 Å². The van der Waals surface area contributed by atoms with Crippen LogP contribution in [0, 0.1) is 0 Å². The van der Waals surface area contributed by atoms with Gasteiger partial charge < -0.3 is 0 Å². The monoisotopic (exact) mass is 325 g/mol. The van der Waals surface area contributed by atoms with E-state index in [1.807, 2.05) is 0 Å². The van der Waals surface area contributed by atoms with Crippen LogP contribution in [-0.2, 0) is 14.9 Å². The fraction of sp³-hybridized carbons (Fsp3) is 0.333. The first-order chi connectivity index (χ1) is 7.51. The molecule has 0 spiro atoms. The number of rotatable bonds is 2. The molecular formula is C9H9BrClNO3S. The van der Waals surface area contributed by atoms with E-state index in [1.165, 1.54) is 18.2 Å². The number of hydroxylamine groups is 1. The van der Waals surface area contributed by atoms with Gasteiger partial charge in [-0.25, -0.2) is 8.42 Å². The first kappa shape index (κ1) is 12.3. The van der Waals surface area contributed by atoms with E-state index in [0.717, 1.165) is 4.47 Å².